The number of carboxylic acid groups (broad SMARTS) is 1. The fourth-order valence-electron chi connectivity index (χ4n) is 3.59. The number of aliphatic carboxylic acids is 1. The number of carboxylic acids is 1. The van der Waals surface area contributed by atoms with Crippen LogP contribution in [0, 0.1) is 5.82 Å². The largest absolute Gasteiger partial charge is 0.479 e. The highest BCUT2D eigenvalue weighted by molar-refractivity contribution is 6.30. The molecule has 1 saturated heterocycles. The van der Waals surface area contributed by atoms with Crippen molar-refractivity contribution in [1.29, 1.82) is 0 Å². The van der Waals surface area contributed by atoms with Crippen LogP contribution < -0.4 is 0 Å². The van der Waals surface area contributed by atoms with Gasteiger partial charge in [0, 0.05) is 24.1 Å². The van der Waals surface area contributed by atoms with Gasteiger partial charge in [-0.25, -0.2) is 18.4 Å². The first-order valence-electron chi connectivity index (χ1n) is 10.1. The summed E-state index contributed by atoms with van der Waals surface area (Å²) in [5.41, 5.74) is -4.38. The number of halogens is 3. The number of nitrogens with zero attached hydrogens (tertiary/aromatic N) is 3. The summed E-state index contributed by atoms with van der Waals surface area (Å²) in [7, 11) is 1.33. The molecule has 0 spiro atoms. The van der Waals surface area contributed by atoms with Crippen molar-refractivity contribution >= 4 is 35.2 Å². The summed E-state index contributed by atoms with van der Waals surface area (Å²) in [6, 6.07) is 9.52. The molecular formula is C23H22ClF2N3O5. The van der Waals surface area contributed by atoms with Crippen LogP contribution in [0.3, 0.4) is 0 Å². The third kappa shape index (κ3) is 4.45. The van der Waals surface area contributed by atoms with Gasteiger partial charge in [0.05, 0.1) is 12.3 Å². The van der Waals surface area contributed by atoms with E-state index in [1.54, 1.807) is 24.3 Å². The molecule has 0 bridgehead atoms. The standard InChI is InChI=1S/C23H22ClF2N3O5/c1-22(2)19(30)29(21(33)28(22)3)12-23(26,20(31)32)11-18(27-34)16-9-6-14(10-17(16)25)13-4-7-15(24)8-5-13/h4-10,34H,11-12H2,1-3H3,(H,31,32). The molecule has 1 aliphatic heterocycles. The maximum atomic E-state index is 15.6. The number of rotatable bonds is 7. The molecule has 1 unspecified atom stereocenters. The van der Waals surface area contributed by atoms with E-state index in [9.17, 15) is 29.1 Å². The number of likely N-dealkylation sites (N-methyl/N-ethyl adjacent to an activating group) is 1. The molecule has 11 heteroatoms. The average molecular weight is 494 g/mol. The van der Waals surface area contributed by atoms with Crippen molar-refractivity contribution in [3.8, 4) is 11.1 Å². The number of imide groups is 1. The Labute approximate surface area is 199 Å². The second kappa shape index (κ2) is 9.02. The second-order valence-corrected chi connectivity index (χ2v) is 8.92. The van der Waals surface area contributed by atoms with Gasteiger partial charge in [-0.2, -0.15) is 0 Å². The van der Waals surface area contributed by atoms with Crippen LogP contribution >= 0.6 is 11.6 Å². The van der Waals surface area contributed by atoms with Crippen LogP contribution in [0.5, 0.6) is 0 Å². The Morgan fingerprint density at radius 1 is 1.15 bits per heavy atom. The minimum atomic E-state index is -3.24. The zero-order valence-corrected chi connectivity index (χ0v) is 19.3. The lowest BCUT2D eigenvalue weighted by atomic mass is 9.92. The summed E-state index contributed by atoms with van der Waals surface area (Å²) in [6.07, 6.45) is -1.10. The molecule has 2 N–H and O–H groups in total. The lowest BCUT2D eigenvalue weighted by molar-refractivity contribution is -0.152. The van der Waals surface area contributed by atoms with Crippen molar-refractivity contribution in [1.82, 2.24) is 9.80 Å². The third-order valence-electron chi connectivity index (χ3n) is 5.94. The van der Waals surface area contributed by atoms with Crippen molar-refractivity contribution in [2.45, 2.75) is 31.5 Å². The number of amides is 3. The molecule has 0 aromatic heterocycles. The van der Waals surface area contributed by atoms with E-state index < -0.39 is 53.6 Å². The first-order valence-corrected chi connectivity index (χ1v) is 10.5. The van der Waals surface area contributed by atoms with Crippen LogP contribution in [0.2, 0.25) is 5.02 Å². The van der Waals surface area contributed by atoms with Crippen molar-refractivity contribution in [3.05, 3.63) is 58.9 Å². The van der Waals surface area contributed by atoms with Gasteiger partial charge in [-0.3, -0.25) is 9.69 Å². The predicted octanol–water partition coefficient (Wildman–Crippen LogP) is 4.18. The summed E-state index contributed by atoms with van der Waals surface area (Å²) in [5.74, 6) is -3.67. The first-order chi connectivity index (χ1) is 15.8. The van der Waals surface area contributed by atoms with Crippen molar-refractivity contribution in [2.24, 2.45) is 5.16 Å². The van der Waals surface area contributed by atoms with E-state index >= 15 is 4.39 Å². The number of carbonyl (C=O) groups is 3. The zero-order chi connectivity index (χ0) is 25.4. The maximum absolute atomic E-state index is 15.6. The third-order valence-corrected chi connectivity index (χ3v) is 6.19. The number of benzene rings is 2. The van der Waals surface area contributed by atoms with E-state index in [0.29, 0.717) is 21.0 Å². The van der Waals surface area contributed by atoms with Gasteiger partial charge >= 0.3 is 12.0 Å². The van der Waals surface area contributed by atoms with Gasteiger partial charge in [-0.15, -0.1) is 0 Å². The molecule has 1 fully saturated rings. The molecule has 8 nitrogen and oxygen atoms in total. The highest BCUT2D eigenvalue weighted by Gasteiger charge is 2.54. The van der Waals surface area contributed by atoms with Gasteiger partial charge in [-0.05, 0) is 49.2 Å². The molecule has 3 rings (SSSR count). The molecule has 0 radical (unpaired) electrons. The number of hydrogen-bond acceptors (Lipinski definition) is 5. The summed E-state index contributed by atoms with van der Waals surface area (Å²) in [5, 5.41) is 22.4. The van der Waals surface area contributed by atoms with Crippen LogP contribution in [-0.2, 0) is 9.59 Å². The summed E-state index contributed by atoms with van der Waals surface area (Å²) >= 11 is 5.86. The van der Waals surface area contributed by atoms with E-state index in [-0.39, 0.29) is 5.56 Å². The van der Waals surface area contributed by atoms with Gasteiger partial charge in [0.15, 0.2) is 0 Å². The van der Waals surface area contributed by atoms with E-state index in [1.807, 2.05) is 0 Å². The fourth-order valence-corrected chi connectivity index (χ4v) is 3.72. The zero-order valence-electron chi connectivity index (χ0n) is 18.6. The molecule has 1 heterocycles. The van der Waals surface area contributed by atoms with Crippen LogP contribution in [0.4, 0.5) is 13.6 Å². The van der Waals surface area contributed by atoms with Gasteiger partial charge in [0.25, 0.3) is 5.91 Å². The molecule has 2 aromatic carbocycles. The molecule has 180 valence electrons. The summed E-state index contributed by atoms with van der Waals surface area (Å²) in [6.45, 7) is 1.73. The maximum Gasteiger partial charge on any atom is 0.343 e. The second-order valence-electron chi connectivity index (χ2n) is 8.49. The van der Waals surface area contributed by atoms with Crippen LogP contribution in [-0.4, -0.2) is 68.5 Å². The Kier molecular flexibility index (Phi) is 6.66. The quantitative estimate of drug-likeness (QED) is 0.260. The van der Waals surface area contributed by atoms with Crippen LogP contribution in [0.25, 0.3) is 11.1 Å². The smallest absolute Gasteiger partial charge is 0.343 e. The molecule has 1 atom stereocenters. The number of hydrogen-bond donors (Lipinski definition) is 2. The SMILES string of the molecule is CN1C(=O)N(CC(F)(CC(=NO)c2ccc(-c3ccc(Cl)cc3)cc2F)C(=O)O)C(=O)C1(C)C. The minimum Gasteiger partial charge on any atom is -0.479 e. The van der Waals surface area contributed by atoms with Gasteiger partial charge in [-0.1, -0.05) is 35.0 Å². The van der Waals surface area contributed by atoms with E-state index in [4.69, 9.17) is 11.6 Å². The Bertz CT molecular complexity index is 1190. The highest BCUT2D eigenvalue weighted by atomic mass is 35.5. The predicted molar refractivity (Wildman–Crippen MR) is 120 cm³/mol. The first kappa shape index (κ1) is 25.1. The Balaban J connectivity index is 1.90. The van der Waals surface area contributed by atoms with E-state index in [2.05, 4.69) is 5.16 Å². The molecule has 2 aromatic rings. The van der Waals surface area contributed by atoms with Gasteiger partial charge < -0.3 is 15.2 Å². The number of alkyl halides is 1. The molecule has 1 aliphatic rings. The fraction of sp³-hybridized carbons (Fsp3) is 0.304. The highest BCUT2D eigenvalue weighted by Crippen LogP contribution is 2.31. The topological polar surface area (TPSA) is 111 Å². The van der Waals surface area contributed by atoms with Crippen molar-refractivity contribution in [2.75, 3.05) is 13.6 Å². The number of oxime groups is 1. The van der Waals surface area contributed by atoms with Gasteiger partial charge in [0.2, 0.25) is 5.67 Å². The minimum absolute atomic E-state index is 0.333. The van der Waals surface area contributed by atoms with E-state index in [0.717, 1.165) is 11.0 Å². The molecule has 0 aliphatic carbocycles. The van der Waals surface area contributed by atoms with Crippen LogP contribution in [0.15, 0.2) is 47.6 Å². The number of carbonyl (C=O) groups excluding carboxylic acids is 2. The lowest BCUT2D eigenvalue weighted by Crippen LogP contribution is -2.50. The number of urea groups is 1. The molecule has 0 saturated carbocycles. The molecule has 34 heavy (non-hydrogen) atoms. The van der Waals surface area contributed by atoms with Crippen molar-refractivity contribution in [3.63, 3.8) is 0 Å². The Morgan fingerprint density at radius 2 is 1.74 bits per heavy atom. The molecule has 3 amide bonds. The Morgan fingerprint density at radius 3 is 2.21 bits per heavy atom. The van der Waals surface area contributed by atoms with Crippen LogP contribution in [0.1, 0.15) is 25.8 Å². The Hall–Kier alpha value is -3.53. The summed E-state index contributed by atoms with van der Waals surface area (Å²) in [4.78, 5) is 38.4. The van der Waals surface area contributed by atoms with E-state index in [1.165, 1.54) is 33.0 Å². The monoisotopic (exact) mass is 493 g/mol. The summed E-state index contributed by atoms with van der Waals surface area (Å²) < 4.78 is 30.5. The van der Waals surface area contributed by atoms with Gasteiger partial charge in [0.1, 0.15) is 11.4 Å². The normalized spacial score (nSPS) is 17.8. The van der Waals surface area contributed by atoms with Crippen molar-refractivity contribution < 1.29 is 33.5 Å². The molecular weight excluding hydrogens is 472 g/mol. The average Bonchev–Trinajstić information content (AvgIpc) is 2.93. The lowest BCUT2D eigenvalue weighted by Gasteiger charge is -2.25.